The van der Waals surface area contributed by atoms with E-state index < -0.39 is 0 Å². The van der Waals surface area contributed by atoms with Crippen molar-refractivity contribution in [2.24, 2.45) is 5.41 Å². The van der Waals surface area contributed by atoms with E-state index >= 15 is 0 Å². The second-order valence-corrected chi connectivity index (χ2v) is 6.72. The minimum absolute atomic E-state index is 0.0988. The van der Waals surface area contributed by atoms with Crippen LogP contribution in [0.3, 0.4) is 0 Å². The lowest BCUT2D eigenvalue weighted by atomic mass is 9.79. The second-order valence-electron chi connectivity index (χ2n) is 6.72. The van der Waals surface area contributed by atoms with Gasteiger partial charge in [0, 0.05) is 31.8 Å². The molecule has 2 rings (SSSR count). The molecular formula is C19H29FN2O2. The van der Waals surface area contributed by atoms with Crippen LogP contribution in [-0.2, 0) is 0 Å². The quantitative estimate of drug-likeness (QED) is 0.765. The van der Waals surface area contributed by atoms with Crippen molar-refractivity contribution in [3.05, 3.63) is 29.6 Å². The Labute approximate surface area is 144 Å². The number of hydrogen-bond donors (Lipinski definition) is 2. The van der Waals surface area contributed by atoms with Crippen molar-refractivity contribution in [2.75, 3.05) is 31.1 Å². The topological polar surface area (TPSA) is 52.6 Å². The number of anilines is 1. The fraction of sp³-hybridized carbons (Fsp3) is 0.632. The van der Waals surface area contributed by atoms with Gasteiger partial charge >= 0.3 is 0 Å². The zero-order valence-corrected chi connectivity index (χ0v) is 14.8. The van der Waals surface area contributed by atoms with E-state index in [0.29, 0.717) is 24.2 Å². The maximum Gasteiger partial charge on any atom is 0.251 e. The van der Waals surface area contributed by atoms with Crippen LogP contribution in [0.15, 0.2) is 18.2 Å². The maximum atomic E-state index is 14.3. The number of aliphatic hydroxyl groups is 1. The number of rotatable bonds is 8. The van der Waals surface area contributed by atoms with Gasteiger partial charge in [-0.25, -0.2) is 4.39 Å². The summed E-state index contributed by atoms with van der Waals surface area (Å²) in [6.07, 6.45) is 4.59. The van der Waals surface area contributed by atoms with Gasteiger partial charge in [-0.15, -0.1) is 0 Å². The molecule has 2 N–H and O–H groups in total. The molecule has 0 unspecified atom stereocenters. The number of aliphatic hydroxyl groups excluding tert-OH is 1. The summed E-state index contributed by atoms with van der Waals surface area (Å²) in [6, 6.07) is 4.72. The van der Waals surface area contributed by atoms with Crippen LogP contribution in [0.2, 0.25) is 0 Å². The van der Waals surface area contributed by atoms with Gasteiger partial charge in [-0.2, -0.15) is 0 Å². The minimum atomic E-state index is -0.336. The summed E-state index contributed by atoms with van der Waals surface area (Å²) in [7, 11) is 0. The predicted molar refractivity (Wildman–Crippen MR) is 94.9 cm³/mol. The highest BCUT2D eigenvalue weighted by Crippen LogP contribution is 2.29. The molecule has 1 fully saturated rings. The zero-order valence-electron chi connectivity index (χ0n) is 14.8. The van der Waals surface area contributed by atoms with Gasteiger partial charge in [0.25, 0.3) is 5.91 Å². The maximum absolute atomic E-state index is 14.3. The fourth-order valence-corrected chi connectivity index (χ4v) is 3.41. The Bertz CT molecular complexity index is 552. The molecule has 0 aliphatic carbocycles. The van der Waals surface area contributed by atoms with E-state index in [4.69, 9.17) is 0 Å². The monoisotopic (exact) mass is 336 g/mol. The summed E-state index contributed by atoms with van der Waals surface area (Å²) in [4.78, 5) is 14.4. The van der Waals surface area contributed by atoms with Crippen LogP contribution in [0.1, 0.15) is 56.3 Å². The van der Waals surface area contributed by atoms with Crippen molar-refractivity contribution < 1.29 is 14.3 Å². The summed E-state index contributed by atoms with van der Waals surface area (Å²) < 4.78 is 14.3. The summed E-state index contributed by atoms with van der Waals surface area (Å²) in [6.45, 7) is 6.48. The molecule has 0 bridgehead atoms. The summed E-state index contributed by atoms with van der Waals surface area (Å²) in [5, 5.41) is 12.2. The van der Waals surface area contributed by atoms with Crippen molar-refractivity contribution >= 4 is 11.6 Å². The number of nitrogens with one attached hydrogen (secondary N) is 1. The van der Waals surface area contributed by atoms with Crippen LogP contribution in [-0.4, -0.2) is 37.3 Å². The molecule has 134 valence electrons. The molecule has 0 atom stereocenters. The van der Waals surface area contributed by atoms with Crippen LogP contribution in [0.25, 0.3) is 0 Å². The first-order valence-electron chi connectivity index (χ1n) is 8.99. The van der Waals surface area contributed by atoms with Crippen LogP contribution >= 0.6 is 0 Å². The number of nitrogens with zero attached hydrogens (tertiary/aromatic N) is 1. The highest BCUT2D eigenvalue weighted by molar-refractivity contribution is 5.94. The van der Waals surface area contributed by atoms with Crippen molar-refractivity contribution in [3.8, 4) is 0 Å². The average molecular weight is 336 g/mol. The molecule has 5 heteroatoms. The lowest BCUT2D eigenvalue weighted by molar-refractivity contribution is 0.0907. The Morgan fingerprint density at radius 2 is 1.96 bits per heavy atom. The third kappa shape index (κ3) is 4.26. The van der Waals surface area contributed by atoms with Crippen LogP contribution in [0.4, 0.5) is 10.1 Å². The zero-order chi connectivity index (χ0) is 17.6. The molecule has 1 aromatic carbocycles. The van der Waals surface area contributed by atoms with Gasteiger partial charge in [0.05, 0.1) is 5.69 Å². The van der Waals surface area contributed by atoms with Gasteiger partial charge in [-0.3, -0.25) is 4.79 Å². The van der Waals surface area contributed by atoms with E-state index in [1.807, 2.05) is 4.90 Å². The van der Waals surface area contributed by atoms with Gasteiger partial charge in [0.15, 0.2) is 0 Å². The number of amides is 1. The van der Waals surface area contributed by atoms with E-state index in [-0.39, 0.29) is 23.7 Å². The molecule has 0 saturated carbocycles. The molecule has 0 radical (unpaired) electrons. The number of hydrogen-bond acceptors (Lipinski definition) is 3. The highest BCUT2D eigenvalue weighted by atomic mass is 19.1. The highest BCUT2D eigenvalue weighted by Gasteiger charge is 2.26. The molecule has 0 aromatic heterocycles. The SMILES string of the molecule is CCC(CC)(CCO)CNC(=O)c1ccc(N2CCCC2)c(F)c1. The van der Waals surface area contributed by atoms with E-state index in [1.165, 1.54) is 6.07 Å². The third-order valence-electron chi connectivity index (χ3n) is 5.42. The lowest BCUT2D eigenvalue weighted by Crippen LogP contribution is -2.37. The van der Waals surface area contributed by atoms with Crippen LogP contribution in [0.5, 0.6) is 0 Å². The van der Waals surface area contributed by atoms with E-state index in [1.54, 1.807) is 12.1 Å². The van der Waals surface area contributed by atoms with E-state index in [9.17, 15) is 14.3 Å². The van der Waals surface area contributed by atoms with Gasteiger partial charge in [-0.05, 0) is 55.7 Å². The molecule has 0 spiro atoms. The molecule has 1 aliphatic heterocycles. The molecule has 24 heavy (non-hydrogen) atoms. The predicted octanol–water partition coefficient (Wildman–Crippen LogP) is 3.34. The molecule has 1 heterocycles. The number of benzene rings is 1. The largest absolute Gasteiger partial charge is 0.396 e. The minimum Gasteiger partial charge on any atom is -0.396 e. The molecule has 1 amide bonds. The first-order chi connectivity index (χ1) is 11.5. The van der Waals surface area contributed by atoms with Crippen LogP contribution in [0, 0.1) is 11.2 Å². The first kappa shape index (κ1) is 18.7. The van der Waals surface area contributed by atoms with Crippen molar-refractivity contribution in [3.63, 3.8) is 0 Å². The Kier molecular flexibility index (Phi) is 6.60. The molecule has 1 aliphatic rings. The lowest BCUT2D eigenvalue weighted by Gasteiger charge is -2.31. The Morgan fingerprint density at radius 3 is 2.50 bits per heavy atom. The second kappa shape index (κ2) is 8.47. The number of halogens is 1. The normalized spacial score (nSPS) is 14.9. The van der Waals surface area contributed by atoms with Gasteiger partial charge in [0.2, 0.25) is 0 Å². The van der Waals surface area contributed by atoms with Crippen molar-refractivity contribution in [1.29, 1.82) is 0 Å². The summed E-state index contributed by atoms with van der Waals surface area (Å²) in [5.74, 6) is -0.594. The summed E-state index contributed by atoms with van der Waals surface area (Å²) in [5.41, 5.74) is 0.833. The average Bonchev–Trinajstić information content (AvgIpc) is 3.12. The molecule has 1 saturated heterocycles. The van der Waals surface area contributed by atoms with Gasteiger partial charge in [0.1, 0.15) is 5.82 Å². The van der Waals surface area contributed by atoms with Gasteiger partial charge in [-0.1, -0.05) is 13.8 Å². The first-order valence-corrected chi connectivity index (χ1v) is 8.99. The van der Waals surface area contributed by atoms with E-state index in [2.05, 4.69) is 19.2 Å². The summed E-state index contributed by atoms with van der Waals surface area (Å²) >= 11 is 0. The Hall–Kier alpha value is -1.62. The molecule has 1 aromatic rings. The van der Waals surface area contributed by atoms with Gasteiger partial charge < -0.3 is 15.3 Å². The number of carbonyl (C=O) groups excluding carboxylic acids is 1. The van der Waals surface area contributed by atoms with Crippen molar-refractivity contribution in [1.82, 2.24) is 5.32 Å². The Balaban J connectivity index is 2.03. The fourth-order valence-electron chi connectivity index (χ4n) is 3.41. The molecule has 4 nitrogen and oxygen atoms in total. The Morgan fingerprint density at radius 1 is 1.29 bits per heavy atom. The standard InChI is InChI=1S/C19H29FN2O2/c1-3-19(4-2,9-12-23)14-21-18(24)15-7-8-17(16(20)13-15)22-10-5-6-11-22/h7-8,13,23H,3-6,9-12,14H2,1-2H3,(H,21,24). The van der Waals surface area contributed by atoms with Crippen molar-refractivity contribution in [2.45, 2.75) is 46.0 Å². The number of carbonyl (C=O) groups is 1. The van der Waals surface area contributed by atoms with Crippen LogP contribution < -0.4 is 10.2 Å². The third-order valence-corrected chi connectivity index (χ3v) is 5.42. The smallest absolute Gasteiger partial charge is 0.251 e. The molecular weight excluding hydrogens is 307 g/mol. The van der Waals surface area contributed by atoms with E-state index in [0.717, 1.165) is 38.8 Å².